The van der Waals surface area contributed by atoms with E-state index < -0.39 is 17.8 Å². The maximum atomic E-state index is 12.7. The lowest BCUT2D eigenvalue weighted by atomic mass is 9.90. The molecule has 0 aliphatic rings. The summed E-state index contributed by atoms with van der Waals surface area (Å²) in [6, 6.07) is 24.2. The van der Waals surface area contributed by atoms with Gasteiger partial charge in [-0.2, -0.15) is 0 Å². The third kappa shape index (κ3) is 8.80. The van der Waals surface area contributed by atoms with Gasteiger partial charge in [0.25, 0.3) is 0 Å². The van der Waals surface area contributed by atoms with Crippen LogP contribution >= 0.6 is 0 Å². The first-order valence-electron chi connectivity index (χ1n) is 14.9. The molecule has 0 saturated heterocycles. The number of alkyl carbamates (subject to hydrolysis) is 1. The molecule has 0 atom stereocenters. The number of pyridine rings is 1. The number of nitrogens with zero attached hydrogens (tertiary/aromatic N) is 2. The van der Waals surface area contributed by atoms with Crippen molar-refractivity contribution >= 4 is 23.1 Å². The van der Waals surface area contributed by atoms with Crippen molar-refractivity contribution in [3.05, 3.63) is 101 Å². The highest BCUT2D eigenvalue weighted by Crippen LogP contribution is 2.35. The zero-order valence-electron chi connectivity index (χ0n) is 26.1. The lowest BCUT2D eigenvalue weighted by molar-refractivity contribution is 0.0523. The first-order valence-corrected chi connectivity index (χ1v) is 14.9. The van der Waals surface area contributed by atoms with E-state index in [9.17, 15) is 14.7 Å². The van der Waals surface area contributed by atoms with E-state index in [1.807, 2.05) is 63.2 Å². The van der Waals surface area contributed by atoms with Crippen LogP contribution < -0.4 is 5.32 Å². The Hall–Kier alpha value is -4.39. The van der Waals surface area contributed by atoms with Gasteiger partial charge in [0.05, 0.1) is 5.52 Å². The van der Waals surface area contributed by atoms with Gasteiger partial charge in [-0.05, 0) is 80.8 Å². The lowest BCUT2D eigenvalue weighted by Gasteiger charge is -2.22. The minimum Gasteiger partial charge on any atom is -0.465 e. The van der Waals surface area contributed by atoms with Gasteiger partial charge in [-0.15, -0.1) is 0 Å². The zero-order valence-corrected chi connectivity index (χ0v) is 26.1. The molecule has 0 aliphatic heterocycles. The predicted octanol–water partition coefficient (Wildman–Crippen LogP) is 8.16. The molecule has 4 aromatic rings. The smallest absolute Gasteiger partial charge is 0.407 e. The Kier molecular flexibility index (Phi) is 10.1. The van der Waals surface area contributed by atoms with Gasteiger partial charge in [0.1, 0.15) is 5.60 Å². The molecule has 7 heteroatoms. The van der Waals surface area contributed by atoms with Crippen LogP contribution in [0.3, 0.4) is 0 Å². The van der Waals surface area contributed by atoms with Crippen molar-refractivity contribution in [1.82, 2.24) is 15.2 Å². The molecule has 0 fully saturated rings. The number of carbonyl (C=O) groups excluding carboxylic acids is 1. The Labute approximate surface area is 254 Å². The molecule has 2 amide bonds. The molecule has 0 unspecified atom stereocenters. The van der Waals surface area contributed by atoms with E-state index in [0.717, 1.165) is 56.4 Å². The van der Waals surface area contributed by atoms with Gasteiger partial charge in [-0.25, -0.2) is 9.59 Å². The van der Waals surface area contributed by atoms with Crippen molar-refractivity contribution in [2.75, 3.05) is 6.54 Å². The summed E-state index contributed by atoms with van der Waals surface area (Å²) in [7, 11) is 0. The summed E-state index contributed by atoms with van der Waals surface area (Å²) in [5.74, 6) is 0.363. The highest BCUT2D eigenvalue weighted by molar-refractivity contribution is 5.97. The number of carbonyl (C=O) groups is 2. The summed E-state index contributed by atoms with van der Waals surface area (Å²) in [4.78, 5) is 31.3. The number of rotatable bonds is 10. The third-order valence-corrected chi connectivity index (χ3v) is 7.14. The van der Waals surface area contributed by atoms with Crippen molar-refractivity contribution in [2.45, 2.75) is 73.1 Å². The van der Waals surface area contributed by atoms with E-state index in [1.165, 1.54) is 4.90 Å². The number of aromatic nitrogens is 1. The van der Waals surface area contributed by atoms with Crippen molar-refractivity contribution in [3.8, 4) is 11.1 Å². The standard InChI is InChI=1S/C36H43N3O4/c1-24(2)20-32-30(22-37-34(40)43-36(4,5)6)33(28-15-12-25(3)13-16-28)29-21-26(14-17-31(29)38-32)18-19-39(35(41)42)23-27-10-8-7-9-11-27/h7-17,21,24H,18-20,22-23H2,1-6H3,(H,37,40)(H,41,42). The Balaban J connectivity index is 1.76. The maximum Gasteiger partial charge on any atom is 0.407 e. The minimum atomic E-state index is -0.944. The molecular formula is C36H43N3O4. The van der Waals surface area contributed by atoms with Gasteiger partial charge >= 0.3 is 12.2 Å². The molecule has 7 nitrogen and oxygen atoms in total. The fourth-order valence-corrected chi connectivity index (χ4v) is 5.14. The van der Waals surface area contributed by atoms with E-state index in [-0.39, 0.29) is 6.54 Å². The molecule has 226 valence electrons. The molecule has 3 aromatic carbocycles. The second-order valence-electron chi connectivity index (χ2n) is 12.5. The molecule has 0 spiro atoms. The van der Waals surface area contributed by atoms with Crippen LogP contribution in [0.5, 0.6) is 0 Å². The van der Waals surface area contributed by atoms with Crippen LogP contribution in [0.25, 0.3) is 22.0 Å². The van der Waals surface area contributed by atoms with Crippen molar-refractivity contribution in [2.24, 2.45) is 5.92 Å². The molecule has 43 heavy (non-hydrogen) atoms. The number of amides is 2. The molecule has 0 bridgehead atoms. The van der Waals surface area contributed by atoms with Crippen LogP contribution in [0.4, 0.5) is 9.59 Å². The highest BCUT2D eigenvalue weighted by Gasteiger charge is 2.21. The number of nitrogens with one attached hydrogen (secondary N) is 1. The monoisotopic (exact) mass is 581 g/mol. The van der Waals surface area contributed by atoms with Gasteiger partial charge in [0, 0.05) is 36.3 Å². The Morgan fingerprint density at radius 1 is 0.977 bits per heavy atom. The summed E-state index contributed by atoms with van der Waals surface area (Å²) in [6.07, 6.45) is -0.101. The quantitative estimate of drug-likeness (QED) is 0.197. The van der Waals surface area contributed by atoms with Gasteiger partial charge in [0.2, 0.25) is 0 Å². The second-order valence-corrected chi connectivity index (χ2v) is 12.5. The van der Waals surface area contributed by atoms with Crippen LogP contribution in [-0.4, -0.2) is 39.3 Å². The van der Waals surface area contributed by atoms with Crippen molar-refractivity contribution in [1.29, 1.82) is 0 Å². The number of benzene rings is 3. The van der Waals surface area contributed by atoms with Crippen molar-refractivity contribution in [3.63, 3.8) is 0 Å². The predicted molar refractivity (Wildman–Crippen MR) is 172 cm³/mol. The topological polar surface area (TPSA) is 91.8 Å². The Morgan fingerprint density at radius 3 is 2.30 bits per heavy atom. The molecule has 0 saturated carbocycles. The number of ether oxygens (including phenoxy) is 1. The number of hydrogen-bond acceptors (Lipinski definition) is 4. The number of hydrogen-bond donors (Lipinski definition) is 2. The van der Waals surface area contributed by atoms with Gasteiger partial charge < -0.3 is 20.1 Å². The SMILES string of the molecule is Cc1ccc(-c2c(CNC(=O)OC(C)(C)C)c(CC(C)C)nc3ccc(CCN(Cc4ccccc4)C(=O)O)cc23)cc1. The average molecular weight is 582 g/mol. The summed E-state index contributed by atoms with van der Waals surface area (Å²) >= 11 is 0. The van der Waals surface area contributed by atoms with E-state index in [2.05, 4.69) is 56.4 Å². The molecule has 1 aromatic heterocycles. The fourth-order valence-electron chi connectivity index (χ4n) is 5.14. The maximum absolute atomic E-state index is 12.7. The first kappa shape index (κ1) is 31.5. The second kappa shape index (κ2) is 13.7. The molecule has 0 radical (unpaired) electrons. The lowest BCUT2D eigenvalue weighted by Crippen LogP contribution is -2.32. The van der Waals surface area contributed by atoms with E-state index >= 15 is 0 Å². The van der Waals surface area contributed by atoms with Gasteiger partial charge in [-0.3, -0.25) is 4.98 Å². The zero-order chi connectivity index (χ0) is 31.1. The molecule has 4 rings (SSSR count). The van der Waals surface area contributed by atoms with Crippen LogP contribution in [0.2, 0.25) is 0 Å². The Bertz CT molecular complexity index is 1560. The number of aryl methyl sites for hydroxylation is 1. The summed E-state index contributed by atoms with van der Waals surface area (Å²) in [6.45, 7) is 12.9. The molecular weight excluding hydrogens is 538 g/mol. The van der Waals surface area contributed by atoms with E-state index in [4.69, 9.17) is 9.72 Å². The van der Waals surface area contributed by atoms with Crippen LogP contribution in [0.1, 0.15) is 62.6 Å². The van der Waals surface area contributed by atoms with E-state index in [1.54, 1.807) is 0 Å². The van der Waals surface area contributed by atoms with Crippen LogP contribution in [0.15, 0.2) is 72.8 Å². The summed E-state index contributed by atoms with van der Waals surface area (Å²) in [5, 5.41) is 13.8. The largest absolute Gasteiger partial charge is 0.465 e. The minimum absolute atomic E-state index is 0.275. The van der Waals surface area contributed by atoms with Gasteiger partial charge in [0.15, 0.2) is 0 Å². The van der Waals surface area contributed by atoms with Crippen LogP contribution in [-0.2, 0) is 30.7 Å². The fraction of sp³-hybridized carbons (Fsp3) is 0.361. The normalized spacial score (nSPS) is 11.5. The first-order chi connectivity index (χ1) is 20.4. The molecule has 0 aliphatic carbocycles. The van der Waals surface area contributed by atoms with Gasteiger partial charge in [-0.1, -0.05) is 80.1 Å². The summed E-state index contributed by atoms with van der Waals surface area (Å²) in [5.41, 5.74) is 7.37. The van der Waals surface area contributed by atoms with Crippen molar-refractivity contribution < 1.29 is 19.4 Å². The highest BCUT2D eigenvalue weighted by atomic mass is 16.6. The average Bonchev–Trinajstić information content (AvgIpc) is 2.93. The molecule has 1 heterocycles. The third-order valence-electron chi connectivity index (χ3n) is 7.14. The molecule has 2 N–H and O–H groups in total. The number of fused-ring (bicyclic) bond motifs is 1. The van der Waals surface area contributed by atoms with Crippen LogP contribution in [0, 0.1) is 12.8 Å². The summed E-state index contributed by atoms with van der Waals surface area (Å²) < 4.78 is 5.54. The Morgan fingerprint density at radius 2 is 1.67 bits per heavy atom. The number of carboxylic acid groups (broad SMARTS) is 1. The van der Waals surface area contributed by atoms with E-state index in [0.29, 0.717) is 25.4 Å².